The Bertz CT molecular complexity index is 406. The molecule has 0 saturated carbocycles. The van der Waals surface area contributed by atoms with Crippen LogP contribution in [0.1, 0.15) is 0 Å². The molecule has 0 atom stereocenters. The van der Waals surface area contributed by atoms with Crippen LogP contribution in [0.4, 0.5) is 5.82 Å². The molecule has 0 aliphatic rings. The third kappa shape index (κ3) is 4.43. The minimum Gasteiger partial charge on any atom is -0.369 e. The van der Waals surface area contributed by atoms with Crippen LogP contribution in [0, 0.1) is 0 Å². The normalized spacial score (nSPS) is 11.3. The summed E-state index contributed by atoms with van der Waals surface area (Å²) in [6.45, 7) is 0.339. The lowest BCUT2D eigenvalue weighted by Gasteiger charge is -2.03. The maximum Gasteiger partial charge on any atom is 0.149 e. The molecule has 0 fully saturated rings. The maximum atomic E-state index is 10.8. The largest absolute Gasteiger partial charge is 0.369 e. The van der Waals surface area contributed by atoms with Crippen molar-refractivity contribution in [3.05, 3.63) is 23.4 Å². The fourth-order valence-corrected chi connectivity index (χ4v) is 1.51. The van der Waals surface area contributed by atoms with Crippen LogP contribution in [-0.4, -0.2) is 32.0 Å². The van der Waals surface area contributed by atoms with Gasteiger partial charge in [-0.05, 0) is 12.1 Å². The number of pyridine rings is 1. The van der Waals surface area contributed by atoms with Crippen molar-refractivity contribution in [2.75, 3.05) is 23.9 Å². The lowest BCUT2D eigenvalue weighted by Crippen LogP contribution is -2.14. The quantitative estimate of drug-likeness (QED) is 0.796. The summed E-state index contributed by atoms with van der Waals surface area (Å²) in [5.74, 6) is 0.669. The van der Waals surface area contributed by atoms with Crippen LogP contribution in [0.15, 0.2) is 18.2 Å². The summed E-state index contributed by atoms with van der Waals surface area (Å²) >= 11 is 5.64. The fraction of sp³-hybridized carbons (Fsp3) is 0.375. The van der Waals surface area contributed by atoms with Crippen molar-refractivity contribution >= 4 is 27.3 Å². The van der Waals surface area contributed by atoms with Gasteiger partial charge < -0.3 is 5.32 Å². The van der Waals surface area contributed by atoms with Gasteiger partial charge in [-0.1, -0.05) is 17.7 Å². The first-order valence-corrected chi connectivity index (χ1v) is 6.45. The zero-order valence-electron chi connectivity index (χ0n) is 7.70. The van der Waals surface area contributed by atoms with E-state index in [4.69, 9.17) is 11.6 Å². The average Bonchev–Trinajstić information content (AvgIpc) is 2.01. The molecule has 1 aromatic rings. The zero-order valence-corrected chi connectivity index (χ0v) is 9.27. The summed E-state index contributed by atoms with van der Waals surface area (Å²) in [6.07, 6.45) is 1.19. The van der Waals surface area contributed by atoms with Gasteiger partial charge in [0, 0.05) is 12.8 Å². The first-order chi connectivity index (χ1) is 6.47. The van der Waals surface area contributed by atoms with Gasteiger partial charge in [-0.15, -0.1) is 0 Å². The molecular formula is C8H11ClN2O2S. The number of aromatic nitrogens is 1. The molecule has 0 spiro atoms. The highest BCUT2D eigenvalue weighted by Gasteiger charge is 2.01. The standard InChI is InChI=1S/C8H11ClN2O2S/c1-14(12,13)6-5-10-8-4-2-3-7(9)11-8/h2-4H,5-6H2,1H3,(H,10,11). The monoisotopic (exact) mass is 234 g/mol. The number of rotatable bonds is 4. The Hall–Kier alpha value is -0.810. The molecule has 0 bridgehead atoms. The van der Waals surface area contributed by atoms with Crippen molar-refractivity contribution in [2.24, 2.45) is 0 Å². The molecule has 1 aromatic heterocycles. The lowest BCUT2D eigenvalue weighted by molar-refractivity contribution is 0.602. The summed E-state index contributed by atoms with van der Waals surface area (Å²) < 4.78 is 21.6. The van der Waals surface area contributed by atoms with Gasteiger partial charge in [-0.25, -0.2) is 13.4 Å². The molecule has 4 nitrogen and oxygen atoms in total. The molecule has 0 aromatic carbocycles. The summed E-state index contributed by atoms with van der Waals surface area (Å²) in [7, 11) is -2.93. The van der Waals surface area contributed by atoms with Crippen molar-refractivity contribution in [3.8, 4) is 0 Å². The van der Waals surface area contributed by atoms with Crippen molar-refractivity contribution in [1.29, 1.82) is 0 Å². The van der Waals surface area contributed by atoms with E-state index in [-0.39, 0.29) is 5.75 Å². The van der Waals surface area contributed by atoms with Gasteiger partial charge in [0.05, 0.1) is 5.75 Å². The summed E-state index contributed by atoms with van der Waals surface area (Å²) in [6, 6.07) is 5.13. The van der Waals surface area contributed by atoms with Crippen LogP contribution in [0.3, 0.4) is 0 Å². The fourth-order valence-electron chi connectivity index (χ4n) is 0.871. The second kappa shape index (κ2) is 4.61. The number of halogens is 1. The van der Waals surface area contributed by atoms with Crippen LogP contribution in [0.5, 0.6) is 0 Å². The molecule has 0 aliphatic carbocycles. The van der Waals surface area contributed by atoms with Crippen LogP contribution in [-0.2, 0) is 9.84 Å². The van der Waals surface area contributed by atoms with E-state index in [9.17, 15) is 8.42 Å². The predicted octanol–water partition coefficient (Wildman–Crippen LogP) is 1.19. The van der Waals surface area contributed by atoms with Crippen molar-refractivity contribution in [1.82, 2.24) is 4.98 Å². The highest BCUT2D eigenvalue weighted by molar-refractivity contribution is 7.90. The number of anilines is 1. The van der Waals surface area contributed by atoms with Crippen molar-refractivity contribution in [3.63, 3.8) is 0 Å². The van der Waals surface area contributed by atoms with E-state index in [2.05, 4.69) is 10.3 Å². The van der Waals surface area contributed by atoms with Crippen molar-refractivity contribution < 1.29 is 8.42 Å². The molecule has 1 N–H and O–H groups in total. The molecule has 0 aliphatic heterocycles. The van der Waals surface area contributed by atoms with Gasteiger partial charge in [0.2, 0.25) is 0 Å². The Labute approximate surface area is 88.2 Å². The molecule has 1 heterocycles. The third-order valence-corrected chi connectivity index (χ3v) is 2.65. The molecular weight excluding hydrogens is 224 g/mol. The van der Waals surface area contributed by atoms with E-state index in [1.807, 2.05) is 0 Å². The molecule has 0 amide bonds. The molecule has 1 rings (SSSR count). The average molecular weight is 235 g/mol. The molecule has 0 saturated heterocycles. The molecule has 0 unspecified atom stereocenters. The Morgan fingerprint density at radius 1 is 1.50 bits per heavy atom. The van der Waals surface area contributed by atoms with Crippen LogP contribution in [0.25, 0.3) is 0 Å². The second-order valence-corrected chi connectivity index (χ2v) is 5.55. The number of hydrogen-bond acceptors (Lipinski definition) is 4. The van der Waals surface area contributed by atoms with Gasteiger partial charge in [0.25, 0.3) is 0 Å². The molecule has 78 valence electrons. The molecule has 14 heavy (non-hydrogen) atoms. The smallest absolute Gasteiger partial charge is 0.149 e. The van der Waals surface area contributed by atoms with Gasteiger partial charge in [-0.3, -0.25) is 0 Å². The predicted molar refractivity (Wildman–Crippen MR) is 57.4 cm³/mol. The Balaban J connectivity index is 2.47. The first-order valence-electron chi connectivity index (χ1n) is 4.01. The second-order valence-electron chi connectivity index (χ2n) is 2.90. The summed E-state index contributed by atoms with van der Waals surface area (Å²) in [5.41, 5.74) is 0. The van der Waals surface area contributed by atoms with Crippen LogP contribution < -0.4 is 5.32 Å². The van der Waals surface area contributed by atoms with Crippen molar-refractivity contribution in [2.45, 2.75) is 0 Å². The van der Waals surface area contributed by atoms with Crippen LogP contribution in [0.2, 0.25) is 5.15 Å². The number of hydrogen-bond donors (Lipinski definition) is 1. The minimum atomic E-state index is -2.93. The van der Waals surface area contributed by atoms with Gasteiger partial charge in [0.1, 0.15) is 20.8 Å². The highest BCUT2D eigenvalue weighted by Crippen LogP contribution is 2.08. The number of nitrogens with zero attached hydrogens (tertiary/aromatic N) is 1. The minimum absolute atomic E-state index is 0.0845. The van der Waals surface area contributed by atoms with E-state index in [0.717, 1.165) is 0 Å². The topological polar surface area (TPSA) is 59.1 Å². The summed E-state index contributed by atoms with van der Waals surface area (Å²) in [4.78, 5) is 3.95. The van der Waals surface area contributed by atoms with Crippen LogP contribution >= 0.6 is 11.6 Å². The Morgan fingerprint density at radius 2 is 2.21 bits per heavy atom. The lowest BCUT2D eigenvalue weighted by atomic mass is 10.4. The van der Waals surface area contributed by atoms with E-state index in [0.29, 0.717) is 17.5 Å². The van der Waals surface area contributed by atoms with E-state index < -0.39 is 9.84 Å². The van der Waals surface area contributed by atoms with E-state index in [1.165, 1.54) is 6.26 Å². The highest BCUT2D eigenvalue weighted by atomic mass is 35.5. The number of nitrogens with one attached hydrogen (secondary N) is 1. The van der Waals surface area contributed by atoms with E-state index in [1.54, 1.807) is 18.2 Å². The Morgan fingerprint density at radius 3 is 2.79 bits per heavy atom. The molecule has 0 radical (unpaired) electrons. The molecule has 6 heteroatoms. The maximum absolute atomic E-state index is 10.8. The zero-order chi connectivity index (χ0) is 10.6. The first kappa shape index (κ1) is 11.3. The van der Waals surface area contributed by atoms with Gasteiger partial charge in [0.15, 0.2) is 0 Å². The van der Waals surface area contributed by atoms with Gasteiger partial charge >= 0.3 is 0 Å². The Kier molecular flexibility index (Phi) is 3.71. The third-order valence-electron chi connectivity index (χ3n) is 1.49. The van der Waals surface area contributed by atoms with Gasteiger partial charge in [-0.2, -0.15) is 0 Å². The van der Waals surface area contributed by atoms with E-state index >= 15 is 0 Å². The number of sulfone groups is 1. The summed E-state index contributed by atoms with van der Waals surface area (Å²) in [5, 5.41) is 3.25. The SMILES string of the molecule is CS(=O)(=O)CCNc1cccc(Cl)n1.